The van der Waals surface area contributed by atoms with E-state index in [-0.39, 0.29) is 5.82 Å². The van der Waals surface area contributed by atoms with Crippen LogP contribution in [0.2, 0.25) is 5.02 Å². The molecule has 29 heavy (non-hydrogen) atoms. The average molecular weight is 424 g/mol. The molecule has 7 nitrogen and oxygen atoms in total. The minimum absolute atomic E-state index is 0.249. The number of fused-ring (bicyclic) bond motifs is 1. The molecule has 0 atom stereocenters. The van der Waals surface area contributed by atoms with Crippen molar-refractivity contribution in [3.63, 3.8) is 0 Å². The molecule has 4 rings (SSSR count). The molecule has 3 N–H and O–H groups in total. The maximum atomic E-state index is 9.20. The molecule has 4 aromatic rings. The number of thiophene rings is 1. The number of nitriles is 1. The predicted molar refractivity (Wildman–Crippen MR) is 117 cm³/mol. The summed E-state index contributed by atoms with van der Waals surface area (Å²) in [5.41, 5.74) is 9.08. The van der Waals surface area contributed by atoms with Crippen molar-refractivity contribution in [3.05, 3.63) is 52.3 Å². The van der Waals surface area contributed by atoms with E-state index in [1.807, 2.05) is 31.3 Å². The molecular weight excluding hydrogens is 406 g/mol. The Hall–Kier alpha value is -3.15. The molecular formula is C20H18ClN7S. The van der Waals surface area contributed by atoms with E-state index in [2.05, 4.69) is 36.5 Å². The quantitative estimate of drug-likeness (QED) is 0.479. The highest BCUT2D eigenvalue weighted by Crippen LogP contribution is 2.37. The van der Waals surface area contributed by atoms with Crippen LogP contribution in [0.25, 0.3) is 21.3 Å². The second-order valence-corrected chi connectivity index (χ2v) is 7.93. The SMILES string of the molecule is CN(CCCc1[nH]nc(N)c1C#N)c1ncnc2scc(-c3ccc(Cl)cc3)c12. The largest absolute Gasteiger partial charge is 0.381 e. The van der Waals surface area contributed by atoms with Crippen LogP contribution in [-0.4, -0.2) is 33.8 Å². The lowest BCUT2D eigenvalue weighted by Gasteiger charge is -2.19. The number of benzene rings is 1. The second-order valence-electron chi connectivity index (χ2n) is 6.63. The van der Waals surface area contributed by atoms with Crippen molar-refractivity contribution in [2.45, 2.75) is 12.8 Å². The van der Waals surface area contributed by atoms with Gasteiger partial charge in [0.15, 0.2) is 5.82 Å². The molecule has 9 heteroatoms. The van der Waals surface area contributed by atoms with Gasteiger partial charge in [-0.05, 0) is 30.5 Å². The fourth-order valence-electron chi connectivity index (χ4n) is 3.29. The third-order valence-electron chi connectivity index (χ3n) is 4.77. The molecule has 0 aliphatic carbocycles. The van der Waals surface area contributed by atoms with Crippen LogP contribution in [0.15, 0.2) is 36.0 Å². The molecule has 0 unspecified atom stereocenters. The first kappa shape index (κ1) is 19.2. The fourth-order valence-corrected chi connectivity index (χ4v) is 4.33. The van der Waals surface area contributed by atoms with E-state index in [0.29, 0.717) is 17.0 Å². The van der Waals surface area contributed by atoms with Gasteiger partial charge in [0.25, 0.3) is 0 Å². The van der Waals surface area contributed by atoms with Crippen molar-refractivity contribution in [2.24, 2.45) is 0 Å². The Labute approximate surface area is 176 Å². The normalized spacial score (nSPS) is 10.9. The molecule has 3 heterocycles. The Morgan fingerprint density at radius 1 is 1.28 bits per heavy atom. The third kappa shape index (κ3) is 3.75. The zero-order valence-corrected chi connectivity index (χ0v) is 17.3. The predicted octanol–water partition coefficient (Wildman–Crippen LogP) is 4.26. The fraction of sp³-hybridized carbons (Fsp3) is 0.200. The van der Waals surface area contributed by atoms with Crippen LogP contribution in [0.4, 0.5) is 11.6 Å². The van der Waals surface area contributed by atoms with Gasteiger partial charge in [-0.1, -0.05) is 23.7 Å². The Kier molecular flexibility index (Phi) is 5.34. The number of nitrogen functional groups attached to an aromatic ring is 1. The summed E-state index contributed by atoms with van der Waals surface area (Å²) in [4.78, 5) is 12.0. The topological polar surface area (TPSA) is 108 Å². The average Bonchev–Trinajstić information content (AvgIpc) is 3.31. The van der Waals surface area contributed by atoms with Gasteiger partial charge >= 0.3 is 0 Å². The molecule has 0 amide bonds. The highest BCUT2D eigenvalue weighted by molar-refractivity contribution is 7.17. The highest BCUT2D eigenvalue weighted by Gasteiger charge is 2.16. The van der Waals surface area contributed by atoms with E-state index in [4.69, 9.17) is 17.3 Å². The standard InChI is InChI=1S/C20H18ClN7S/c1-28(8-2-3-16-14(9-22)18(23)27-26-16)19-17-15(10-29-20(17)25-11-24-19)12-4-6-13(21)7-5-12/h4-7,10-11H,2-3,8H2,1H3,(H3,23,26,27). The van der Waals surface area contributed by atoms with Crippen molar-refractivity contribution in [3.8, 4) is 17.2 Å². The number of hydrogen-bond acceptors (Lipinski definition) is 7. The Morgan fingerprint density at radius 3 is 2.83 bits per heavy atom. The van der Waals surface area contributed by atoms with Crippen LogP contribution in [0.1, 0.15) is 17.7 Å². The summed E-state index contributed by atoms with van der Waals surface area (Å²) in [7, 11) is 2.01. The van der Waals surface area contributed by atoms with E-state index in [1.54, 1.807) is 17.7 Å². The first-order valence-corrected chi connectivity index (χ1v) is 10.3. The van der Waals surface area contributed by atoms with Gasteiger partial charge in [-0.3, -0.25) is 5.10 Å². The van der Waals surface area contributed by atoms with Crippen LogP contribution in [0.3, 0.4) is 0 Å². The minimum atomic E-state index is 0.249. The summed E-state index contributed by atoms with van der Waals surface area (Å²) in [6, 6.07) is 9.89. The molecule has 0 bridgehead atoms. The number of aryl methyl sites for hydroxylation is 1. The van der Waals surface area contributed by atoms with Gasteiger partial charge in [-0.2, -0.15) is 10.4 Å². The molecule has 1 aromatic carbocycles. The molecule has 0 spiro atoms. The number of anilines is 2. The second kappa shape index (κ2) is 8.07. The highest BCUT2D eigenvalue weighted by atomic mass is 35.5. The number of H-pyrrole nitrogens is 1. The summed E-state index contributed by atoms with van der Waals surface area (Å²) < 4.78 is 0. The minimum Gasteiger partial charge on any atom is -0.381 e. The molecule has 0 fully saturated rings. The lowest BCUT2D eigenvalue weighted by atomic mass is 10.1. The number of nitrogens with zero attached hydrogens (tertiary/aromatic N) is 5. The molecule has 146 valence electrons. The number of hydrogen-bond donors (Lipinski definition) is 2. The van der Waals surface area contributed by atoms with Crippen molar-refractivity contribution in [1.82, 2.24) is 20.2 Å². The molecule has 0 saturated heterocycles. The zero-order valence-electron chi connectivity index (χ0n) is 15.7. The maximum Gasteiger partial charge on any atom is 0.163 e. The smallest absolute Gasteiger partial charge is 0.163 e. The lowest BCUT2D eigenvalue weighted by Crippen LogP contribution is -2.20. The number of rotatable bonds is 6. The van der Waals surface area contributed by atoms with Gasteiger partial charge in [0.1, 0.15) is 28.6 Å². The summed E-state index contributed by atoms with van der Waals surface area (Å²) in [5.74, 6) is 1.13. The van der Waals surface area contributed by atoms with E-state index in [1.165, 1.54) is 0 Å². The van der Waals surface area contributed by atoms with Crippen molar-refractivity contribution in [2.75, 3.05) is 24.2 Å². The first-order chi connectivity index (χ1) is 14.1. The van der Waals surface area contributed by atoms with Crippen LogP contribution >= 0.6 is 22.9 Å². The molecule has 0 saturated carbocycles. The number of nitrogens with two attached hydrogens (primary N) is 1. The van der Waals surface area contributed by atoms with Crippen LogP contribution < -0.4 is 10.6 Å². The number of halogens is 1. The van der Waals surface area contributed by atoms with Gasteiger partial charge in [0, 0.05) is 29.6 Å². The van der Waals surface area contributed by atoms with Crippen molar-refractivity contribution >= 4 is 44.8 Å². The Balaban J connectivity index is 1.57. The maximum absolute atomic E-state index is 9.20. The van der Waals surface area contributed by atoms with E-state index in [0.717, 1.165) is 45.8 Å². The number of nitrogens with one attached hydrogen (secondary N) is 1. The van der Waals surface area contributed by atoms with Crippen LogP contribution in [-0.2, 0) is 6.42 Å². The molecule has 0 radical (unpaired) electrons. The van der Waals surface area contributed by atoms with Crippen molar-refractivity contribution < 1.29 is 0 Å². The molecule has 3 aromatic heterocycles. The first-order valence-electron chi connectivity index (χ1n) is 9.00. The molecule has 0 aliphatic rings. The van der Waals surface area contributed by atoms with Crippen LogP contribution in [0, 0.1) is 11.3 Å². The summed E-state index contributed by atoms with van der Waals surface area (Å²) >= 11 is 7.64. The Bertz CT molecular complexity index is 1190. The summed E-state index contributed by atoms with van der Waals surface area (Å²) in [5, 5.41) is 19.8. The van der Waals surface area contributed by atoms with Gasteiger partial charge in [0.2, 0.25) is 0 Å². The number of aromatic nitrogens is 4. The molecule has 0 aliphatic heterocycles. The van der Waals surface area contributed by atoms with Gasteiger partial charge in [-0.15, -0.1) is 11.3 Å². The zero-order chi connectivity index (χ0) is 20.4. The monoisotopic (exact) mass is 423 g/mol. The van der Waals surface area contributed by atoms with E-state index >= 15 is 0 Å². The number of aromatic amines is 1. The van der Waals surface area contributed by atoms with Crippen LogP contribution in [0.5, 0.6) is 0 Å². The summed E-state index contributed by atoms with van der Waals surface area (Å²) in [6.45, 7) is 0.756. The van der Waals surface area contributed by atoms with Gasteiger partial charge < -0.3 is 10.6 Å². The Morgan fingerprint density at radius 2 is 2.07 bits per heavy atom. The van der Waals surface area contributed by atoms with Gasteiger partial charge in [-0.25, -0.2) is 9.97 Å². The summed E-state index contributed by atoms with van der Waals surface area (Å²) in [6.07, 6.45) is 3.09. The van der Waals surface area contributed by atoms with E-state index < -0.39 is 0 Å². The lowest BCUT2D eigenvalue weighted by molar-refractivity contribution is 0.761. The van der Waals surface area contributed by atoms with Gasteiger partial charge in [0.05, 0.1) is 11.1 Å². The third-order valence-corrected chi connectivity index (χ3v) is 5.91. The van der Waals surface area contributed by atoms with Crippen molar-refractivity contribution in [1.29, 1.82) is 5.26 Å². The van der Waals surface area contributed by atoms with E-state index in [9.17, 15) is 5.26 Å².